The minimum Gasteiger partial charge on any atom is -0.478 e. The van der Waals surface area contributed by atoms with Gasteiger partial charge in [-0.15, -0.1) is 0 Å². The van der Waals surface area contributed by atoms with Crippen LogP contribution in [0.15, 0.2) is 24.3 Å². The van der Waals surface area contributed by atoms with Gasteiger partial charge in [-0.2, -0.15) is 0 Å². The standard InChI is InChI=1S/C8H10O3/c1-4-5(2)7(9)6(3)8(10)11/h2-4H2,1H3,(H,10,11). The lowest BCUT2D eigenvalue weighted by Crippen LogP contribution is -2.12. The first-order valence-corrected chi connectivity index (χ1v) is 3.15. The SMILES string of the molecule is C=C(CC)C(=O)C(=C)C(=O)O. The number of aliphatic carboxylic acids is 1. The molecule has 0 atom stereocenters. The van der Waals surface area contributed by atoms with E-state index in [1.165, 1.54) is 0 Å². The highest BCUT2D eigenvalue weighted by molar-refractivity contribution is 6.22. The normalized spacial score (nSPS) is 8.82. The van der Waals surface area contributed by atoms with Gasteiger partial charge >= 0.3 is 5.97 Å². The first kappa shape index (κ1) is 9.62. The number of Topliss-reactive ketones (excluding diaryl/α,β-unsaturated/α-hetero) is 1. The van der Waals surface area contributed by atoms with Gasteiger partial charge in [0.1, 0.15) is 0 Å². The molecule has 0 saturated carbocycles. The summed E-state index contributed by atoms with van der Waals surface area (Å²) in [7, 11) is 0. The molecule has 3 heteroatoms. The Morgan fingerprint density at radius 3 is 2.09 bits per heavy atom. The van der Waals surface area contributed by atoms with E-state index in [9.17, 15) is 9.59 Å². The Morgan fingerprint density at radius 2 is 1.82 bits per heavy atom. The molecule has 0 fully saturated rings. The molecule has 1 N–H and O–H groups in total. The van der Waals surface area contributed by atoms with Crippen molar-refractivity contribution in [3.8, 4) is 0 Å². The molecular formula is C8H10O3. The number of rotatable bonds is 4. The molecule has 11 heavy (non-hydrogen) atoms. The monoisotopic (exact) mass is 154 g/mol. The van der Waals surface area contributed by atoms with E-state index >= 15 is 0 Å². The first-order chi connectivity index (χ1) is 5.00. The van der Waals surface area contributed by atoms with Gasteiger partial charge in [-0.3, -0.25) is 4.79 Å². The van der Waals surface area contributed by atoms with Crippen LogP contribution in [0.4, 0.5) is 0 Å². The van der Waals surface area contributed by atoms with Crippen molar-refractivity contribution < 1.29 is 14.7 Å². The van der Waals surface area contributed by atoms with E-state index < -0.39 is 17.3 Å². The minimum absolute atomic E-state index is 0.275. The molecule has 0 rings (SSSR count). The second kappa shape index (κ2) is 3.71. The Hall–Kier alpha value is -1.38. The van der Waals surface area contributed by atoms with Gasteiger partial charge < -0.3 is 5.11 Å². The summed E-state index contributed by atoms with van der Waals surface area (Å²) >= 11 is 0. The summed E-state index contributed by atoms with van der Waals surface area (Å²) in [5.74, 6) is -1.86. The van der Waals surface area contributed by atoms with E-state index in [4.69, 9.17) is 5.11 Å². The van der Waals surface area contributed by atoms with Crippen LogP contribution in [0.3, 0.4) is 0 Å². The topological polar surface area (TPSA) is 54.4 Å². The van der Waals surface area contributed by atoms with Crippen LogP contribution >= 0.6 is 0 Å². The number of carboxylic acid groups (broad SMARTS) is 1. The van der Waals surface area contributed by atoms with Crippen LogP contribution in [0.2, 0.25) is 0 Å². The van der Waals surface area contributed by atoms with Crippen molar-refractivity contribution in [2.75, 3.05) is 0 Å². The third-order valence-corrected chi connectivity index (χ3v) is 1.28. The molecule has 60 valence electrons. The maximum atomic E-state index is 10.9. The molecule has 0 bridgehead atoms. The van der Waals surface area contributed by atoms with Gasteiger partial charge in [0.25, 0.3) is 0 Å². The largest absolute Gasteiger partial charge is 0.478 e. The van der Waals surface area contributed by atoms with Crippen LogP contribution in [-0.4, -0.2) is 16.9 Å². The number of carbonyl (C=O) groups is 2. The fourth-order valence-electron chi connectivity index (χ4n) is 0.471. The van der Waals surface area contributed by atoms with Crippen molar-refractivity contribution in [2.45, 2.75) is 13.3 Å². The summed E-state index contributed by atoms with van der Waals surface area (Å²) in [6.45, 7) is 8.25. The zero-order chi connectivity index (χ0) is 9.02. The van der Waals surface area contributed by atoms with E-state index in [-0.39, 0.29) is 5.57 Å². The van der Waals surface area contributed by atoms with Crippen molar-refractivity contribution in [2.24, 2.45) is 0 Å². The van der Waals surface area contributed by atoms with E-state index in [0.717, 1.165) is 0 Å². The predicted molar refractivity (Wildman–Crippen MR) is 41.2 cm³/mol. The summed E-state index contributed by atoms with van der Waals surface area (Å²) < 4.78 is 0. The molecule has 3 nitrogen and oxygen atoms in total. The van der Waals surface area contributed by atoms with Gasteiger partial charge in [-0.05, 0) is 12.0 Å². The molecule has 0 aliphatic rings. The van der Waals surface area contributed by atoms with Gasteiger partial charge in [0.05, 0.1) is 5.57 Å². The predicted octanol–water partition coefficient (Wildman–Crippen LogP) is 1.16. The zero-order valence-electron chi connectivity index (χ0n) is 6.39. The van der Waals surface area contributed by atoms with Crippen LogP contribution in [0, 0.1) is 0 Å². The molecule has 0 aliphatic carbocycles. The minimum atomic E-state index is -1.29. The lowest BCUT2D eigenvalue weighted by atomic mass is 10.1. The molecule has 0 amide bonds. The van der Waals surface area contributed by atoms with E-state index in [0.29, 0.717) is 6.42 Å². The summed E-state index contributed by atoms with van der Waals surface area (Å²) in [5.41, 5.74) is -0.144. The fourth-order valence-corrected chi connectivity index (χ4v) is 0.471. The highest BCUT2D eigenvalue weighted by Crippen LogP contribution is 2.05. The van der Waals surface area contributed by atoms with Gasteiger partial charge in [-0.1, -0.05) is 20.1 Å². The van der Waals surface area contributed by atoms with E-state index in [2.05, 4.69) is 13.2 Å². The average Bonchev–Trinajstić information content (AvgIpc) is 2.00. The summed E-state index contributed by atoms with van der Waals surface area (Å²) in [6, 6.07) is 0. The Kier molecular flexibility index (Phi) is 3.24. The summed E-state index contributed by atoms with van der Waals surface area (Å²) in [5, 5.41) is 8.34. The molecule has 0 aromatic heterocycles. The highest BCUT2D eigenvalue weighted by Gasteiger charge is 2.15. The van der Waals surface area contributed by atoms with Crippen molar-refractivity contribution in [3.05, 3.63) is 24.3 Å². The Labute approximate surface area is 65.0 Å². The lowest BCUT2D eigenvalue weighted by molar-refractivity contribution is -0.134. The summed E-state index contributed by atoms with van der Waals surface area (Å²) in [6.07, 6.45) is 0.450. The number of hydrogen-bond acceptors (Lipinski definition) is 2. The van der Waals surface area contributed by atoms with E-state index in [1.54, 1.807) is 6.92 Å². The number of allylic oxidation sites excluding steroid dienone is 1. The second-order valence-electron chi connectivity index (χ2n) is 2.07. The Morgan fingerprint density at radius 1 is 1.36 bits per heavy atom. The Balaban J connectivity index is 4.39. The second-order valence-corrected chi connectivity index (χ2v) is 2.07. The fraction of sp³-hybridized carbons (Fsp3) is 0.250. The third kappa shape index (κ3) is 2.37. The zero-order valence-corrected chi connectivity index (χ0v) is 6.39. The molecule has 0 aromatic rings. The molecule has 0 aliphatic heterocycles. The Bertz CT molecular complexity index is 225. The molecule has 0 aromatic carbocycles. The number of carbonyl (C=O) groups excluding carboxylic acids is 1. The van der Waals surface area contributed by atoms with Crippen LogP contribution in [0.1, 0.15) is 13.3 Å². The highest BCUT2D eigenvalue weighted by atomic mass is 16.4. The van der Waals surface area contributed by atoms with Gasteiger partial charge in [0, 0.05) is 0 Å². The van der Waals surface area contributed by atoms with Crippen LogP contribution in [0.5, 0.6) is 0 Å². The molecule has 0 radical (unpaired) electrons. The van der Waals surface area contributed by atoms with Crippen LogP contribution in [-0.2, 0) is 9.59 Å². The molecule has 0 unspecified atom stereocenters. The van der Waals surface area contributed by atoms with Crippen LogP contribution < -0.4 is 0 Å². The number of carboxylic acids is 1. The molecule has 0 spiro atoms. The number of ketones is 1. The first-order valence-electron chi connectivity index (χ1n) is 3.15. The lowest BCUT2D eigenvalue weighted by Gasteiger charge is -1.99. The van der Waals surface area contributed by atoms with Crippen molar-refractivity contribution in [1.82, 2.24) is 0 Å². The molecule has 0 saturated heterocycles. The van der Waals surface area contributed by atoms with E-state index in [1.807, 2.05) is 0 Å². The quantitative estimate of drug-likeness (QED) is 0.375. The molecular weight excluding hydrogens is 144 g/mol. The van der Waals surface area contributed by atoms with Gasteiger partial charge in [0.15, 0.2) is 5.78 Å². The van der Waals surface area contributed by atoms with Gasteiger partial charge in [0.2, 0.25) is 0 Å². The maximum absolute atomic E-state index is 10.9. The third-order valence-electron chi connectivity index (χ3n) is 1.28. The smallest absolute Gasteiger partial charge is 0.339 e. The number of hydrogen-bond donors (Lipinski definition) is 1. The average molecular weight is 154 g/mol. The van der Waals surface area contributed by atoms with Gasteiger partial charge in [-0.25, -0.2) is 4.79 Å². The van der Waals surface area contributed by atoms with Crippen molar-refractivity contribution in [3.63, 3.8) is 0 Å². The maximum Gasteiger partial charge on any atom is 0.339 e. The van der Waals surface area contributed by atoms with Crippen molar-refractivity contribution >= 4 is 11.8 Å². The van der Waals surface area contributed by atoms with Crippen LogP contribution in [0.25, 0.3) is 0 Å². The summed E-state index contributed by atoms with van der Waals surface area (Å²) in [4.78, 5) is 21.1. The molecule has 0 heterocycles. The van der Waals surface area contributed by atoms with Crippen molar-refractivity contribution in [1.29, 1.82) is 0 Å².